The van der Waals surface area contributed by atoms with Gasteiger partial charge in [-0.2, -0.15) is 11.8 Å². The molecule has 0 N–H and O–H groups in total. The van der Waals surface area contributed by atoms with Gasteiger partial charge in [-0.1, -0.05) is 20.4 Å². The van der Waals surface area contributed by atoms with Gasteiger partial charge in [-0.05, 0) is 6.92 Å². The zero-order valence-corrected chi connectivity index (χ0v) is 12.4. The molecule has 1 heterocycles. The molecule has 18 heavy (non-hydrogen) atoms. The summed E-state index contributed by atoms with van der Waals surface area (Å²) in [5.74, 6) is -0.305. The molecule has 0 aromatic carbocycles. The number of hydrogen-bond acceptors (Lipinski definition) is 6. The molecular weight excluding hydrogens is 272 g/mol. The molecule has 1 rings (SSSR count). The predicted octanol–water partition coefficient (Wildman–Crippen LogP) is 2.23. The lowest BCUT2D eigenvalue weighted by Gasteiger charge is -2.30. The molecule has 0 radical (unpaired) electrons. The Hall–Kier alpha value is -0.620. The maximum atomic E-state index is 11.5. The molecule has 0 bridgehead atoms. The monoisotopic (exact) mass is 290 g/mol. The van der Waals surface area contributed by atoms with Crippen LogP contribution in [0.15, 0.2) is 12.2 Å². The Labute approximate surface area is 116 Å². The first-order valence-corrected chi connectivity index (χ1v) is 7.68. The quantitative estimate of drug-likeness (QED) is 0.584. The summed E-state index contributed by atoms with van der Waals surface area (Å²) in [5, 5.41) is 1.01. The van der Waals surface area contributed by atoms with Crippen molar-refractivity contribution >= 4 is 35.5 Å². The van der Waals surface area contributed by atoms with E-state index < -0.39 is 11.9 Å². The highest BCUT2D eigenvalue weighted by Crippen LogP contribution is 2.36. The molecule has 4 nitrogen and oxygen atoms in total. The van der Waals surface area contributed by atoms with Gasteiger partial charge < -0.3 is 9.47 Å². The lowest BCUT2D eigenvalue weighted by Crippen LogP contribution is -2.31. The second-order valence-corrected chi connectivity index (χ2v) is 7.11. The molecule has 1 aliphatic rings. The topological polar surface area (TPSA) is 52.6 Å². The summed E-state index contributed by atoms with van der Waals surface area (Å²) in [7, 11) is 0. The summed E-state index contributed by atoms with van der Waals surface area (Å²) in [6.45, 7) is 8.89. The molecule has 0 saturated carbocycles. The first-order valence-electron chi connectivity index (χ1n) is 5.69. The van der Waals surface area contributed by atoms with Crippen LogP contribution in [0.1, 0.15) is 20.8 Å². The first-order chi connectivity index (χ1) is 8.40. The summed E-state index contributed by atoms with van der Waals surface area (Å²) in [6.07, 6.45) is 0. The average molecular weight is 290 g/mol. The van der Waals surface area contributed by atoms with Gasteiger partial charge in [0.25, 0.3) is 0 Å². The third-order valence-electron chi connectivity index (χ3n) is 2.46. The highest BCUT2D eigenvalue weighted by molar-refractivity contribution is 8.07. The summed E-state index contributed by atoms with van der Waals surface area (Å²) in [6, 6.07) is 0. The largest absolute Gasteiger partial charge is 0.450 e. The Kier molecular flexibility index (Phi) is 6.08. The van der Waals surface area contributed by atoms with Crippen LogP contribution >= 0.6 is 23.5 Å². The smallest absolute Gasteiger partial charge is 0.345 e. The Bertz CT molecular complexity index is 343. The fourth-order valence-electron chi connectivity index (χ4n) is 1.25. The Morgan fingerprint density at radius 2 is 2.00 bits per heavy atom. The van der Waals surface area contributed by atoms with E-state index in [0.717, 1.165) is 5.75 Å². The Morgan fingerprint density at radius 1 is 1.33 bits per heavy atom. The van der Waals surface area contributed by atoms with Crippen molar-refractivity contribution < 1.29 is 19.1 Å². The number of thioether (sulfide) groups is 2. The fraction of sp³-hybridized carbons (Fsp3) is 0.667. The number of ether oxygens (including phenoxy) is 2. The van der Waals surface area contributed by atoms with Gasteiger partial charge in [0, 0.05) is 21.8 Å². The van der Waals surface area contributed by atoms with Crippen LogP contribution < -0.4 is 0 Å². The zero-order chi connectivity index (χ0) is 13.7. The van der Waals surface area contributed by atoms with E-state index in [2.05, 4.69) is 20.4 Å². The lowest BCUT2D eigenvalue weighted by molar-refractivity contribution is -0.157. The molecule has 0 unspecified atom stereocenters. The molecule has 0 aromatic rings. The van der Waals surface area contributed by atoms with Crippen molar-refractivity contribution in [1.82, 2.24) is 0 Å². The third-order valence-corrected chi connectivity index (χ3v) is 5.67. The molecule has 1 saturated heterocycles. The number of carbonyl (C=O) groups is 2. The summed E-state index contributed by atoms with van der Waals surface area (Å²) < 4.78 is 9.96. The van der Waals surface area contributed by atoms with Crippen LogP contribution in [0.2, 0.25) is 0 Å². The van der Waals surface area contributed by atoms with Crippen LogP contribution in [0.5, 0.6) is 0 Å². The molecule has 0 spiro atoms. The van der Waals surface area contributed by atoms with Crippen molar-refractivity contribution in [1.29, 1.82) is 0 Å². The number of carbonyl (C=O) groups excluding carboxylic acids is 2. The van der Waals surface area contributed by atoms with Gasteiger partial charge in [0.1, 0.15) is 0 Å². The van der Waals surface area contributed by atoms with Gasteiger partial charge in [-0.3, -0.25) is 0 Å². The number of rotatable bonds is 4. The molecule has 102 valence electrons. The highest BCUT2D eigenvalue weighted by atomic mass is 32.2. The van der Waals surface area contributed by atoms with Gasteiger partial charge in [-0.15, -0.1) is 11.8 Å². The second kappa shape index (κ2) is 7.09. The van der Waals surface area contributed by atoms with E-state index in [4.69, 9.17) is 9.47 Å². The average Bonchev–Trinajstić information content (AvgIpc) is 2.30. The van der Waals surface area contributed by atoms with Crippen LogP contribution in [-0.4, -0.2) is 40.2 Å². The van der Waals surface area contributed by atoms with Crippen LogP contribution in [0.4, 0.5) is 0 Å². The van der Waals surface area contributed by atoms with E-state index in [9.17, 15) is 9.59 Å². The van der Waals surface area contributed by atoms with E-state index in [1.165, 1.54) is 6.92 Å². The van der Waals surface area contributed by atoms with Gasteiger partial charge in [0.05, 0.1) is 0 Å². The summed E-state index contributed by atoms with van der Waals surface area (Å²) in [5.41, 5.74) is 0.116. The van der Waals surface area contributed by atoms with Gasteiger partial charge >= 0.3 is 11.9 Å². The Morgan fingerprint density at radius 3 is 2.56 bits per heavy atom. The van der Waals surface area contributed by atoms with Crippen LogP contribution in [0.3, 0.4) is 0 Å². The van der Waals surface area contributed by atoms with Crippen molar-refractivity contribution in [2.45, 2.75) is 36.7 Å². The van der Waals surface area contributed by atoms with Crippen molar-refractivity contribution in [3.8, 4) is 0 Å². The molecule has 1 fully saturated rings. The predicted molar refractivity (Wildman–Crippen MR) is 74.6 cm³/mol. The maximum Gasteiger partial charge on any atom is 0.345 e. The summed E-state index contributed by atoms with van der Waals surface area (Å²) >= 11 is 3.43. The molecule has 6 heteroatoms. The SMILES string of the molecule is C=C(C)C(=O)OCC(=O)O[C@@H]1CS[C@H](C)[C@@H](C)S1. The van der Waals surface area contributed by atoms with Crippen molar-refractivity contribution in [3.05, 3.63) is 12.2 Å². The number of hydrogen-bond donors (Lipinski definition) is 0. The molecule has 0 aromatic heterocycles. The lowest BCUT2D eigenvalue weighted by atomic mass is 10.4. The minimum atomic E-state index is -0.570. The van der Waals surface area contributed by atoms with Crippen LogP contribution in [-0.2, 0) is 19.1 Å². The van der Waals surface area contributed by atoms with Gasteiger partial charge in [0.2, 0.25) is 0 Å². The summed E-state index contributed by atoms with van der Waals surface area (Å²) in [4.78, 5) is 22.6. The van der Waals surface area contributed by atoms with Crippen LogP contribution in [0, 0.1) is 0 Å². The molecule has 3 atom stereocenters. The molecule has 0 aliphatic carbocycles. The van der Waals surface area contributed by atoms with Crippen molar-refractivity contribution in [2.24, 2.45) is 0 Å². The Balaban J connectivity index is 2.28. The molecular formula is C12H18O4S2. The number of esters is 2. The van der Waals surface area contributed by atoms with E-state index in [-0.39, 0.29) is 17.6 Å². The maximum absolute atomic E-state index is 11.5. The van der Waals surface area contributed by atoms with E-state index in [1.807, 2.05) is 0 Å². The van der Waals surface area contributed by atoms with Crippen molar-refractivity contribution in [2.75, 3.05) is 12.4 Å². The normalized spacial score (nSPS) is 27.4. The zero-order valence-electron chi connectivity index (χ0n) is 10.8. The second-order valence-electron chi connectivity index (χ2n) is 4.16. The third kappa shape index (κ3) is 4.94. The van der Waals surface area contributed by atoms with Gasteiger partial charge in [0.15, 0.2) is 12.0 Å². The highest BCUT2D eigenvalue weighted by Gasteiger charge is 2.28. The van der Waals surface area contributed by atoms with Gasteiger partial charge in [-0.25, -0.2) is 9.59 Å². The van der Waals surface area contributed by atoms with Crippen LogP contribution in [0.25, 0.3) is 0 Å². The van der Waals surface area contributed by atoms with E-state index in [0.29, 0.717) is 10.5 Å². The van der Waals surface area contributed by atoms with Crippen molar-refractivity contribution in [3.63, 3.8) is 0 Å². The molecule has 0 amide bonds. The first kappa shape index (κ1) is 15.4. The minimum Gasteiger partial charge on any atom is -0.450 e. The van der Waals surface area contributed by atoms with E-state index in [1.54, 1.807) is 23.5 Å². The molecule has 1 aliphatic heterocycles. The standard InChI is InChI=1S/C12H18O4S2/c1-7(2)12(14)15-5-10(13)16-11-6-17-8(3)9(4)18-11/h8-9,11H,1,5-6H2,2-4H3/t8-,9-,11+/m1/s1. The minimum absolute atomic E-state index is 0.155. The van der Waals surface area contributed by atoms with E-state index >= 15 is 0 Å². The fourth-order valence-corrected chi connectivity index (χ4v) is 3.89.